The molecule has 168 valence electrons. The molecule has 30 heavy (non-hydrogen) atoms. The molecule has 0 unspecified atom stereocenters. The number of aliphatic hydroxyl groups is 1. The molecule has 0 aromatic heterocycles. The van der Waals surface area contributed by atoms with E-state index >= 15 is 0 Å². The van der Waals surface area contributed by atoms with E-state index < -0.39 is 0 Å². The maximum atomic E-state index is 10.2. The molecule has 0 spiro atoms. The molecular formula is C29H46O. The molecule has 0 radical (unpaired) electrons. The Morgan fingerprint density at radius 2 is 1.77 bits per heavy atom. The van der Waals surface area contributed by atoms with Gasteiger partial charge in [-0.15, -0.1) is 0 Å². The summed E-state index contributed by atoms with van der Waals surface area (Å²) in [4.78, 5) is 0. The van der Waals surface area contributed by atoms with Crippen molar-refractivity contribution in [1.29, 1.82) is 0 Å². The molecule has 0 aromatic rings. The maximum absolute atomic E-state index is 10.2. The predicted octanol–water partition coefficient (Wildman–Crippen LogP) is 7.68. The van der Waals surface area contributed by atoms with Crippen molar-refractivity contribution in [3.05, 3.63) is 11.6 Å². The molecular weight excluding hydrogens is 364 g/mol. The van der Waals surface area contributed by atoms with Gasteiger partial charge in [-0.25, -0.2) is 0 Å². The first-order chi connectivity index (χ1) is 14.4. The second-order valence-electron chi connectivity index (χ2n) is 13.5. The zero-order valence-electron chi connectivity index (χ0n) is 19.8. The van der Waals surface area contributed by atoms with Crippen molar-refractivity contribution in [1.82, 2.24) is 0 Å². The van der Waals surface area contributed by atoms with Gasteiger partial charge in [-0.05, 0) is 142 Å². The highest BCUT2D eigenvalue weighted by molar-refractivity contribution is 5.25. The molecule has 1 N–H and O–H groups in total. The smallest absolute Gasteiger partial charge is 0.0577 e. The van der Waals surface area contributed by atoms with Crippen LogP contribution >= 0.6 is 0 Å². The molecule has 2 bridgehead atoms. The van der Waals surface area contributed by atoms with E-state index in [1.807, 2.05) is 0 Å². The molecule has 6 aliphatic carbocycles. The molecule has 1 heteroatoms. The van der Waals surface area contributed by atoms with Gasteiger partial charge in [0.25, 0.3) is 0 Å². The van der Waals surface area contributed by atoms with Crippen molar-refractivity contribution in [3.63, 3.8) is 0 Å². The molecule has 0 aliphatic heterocycles. The average Bonchev–Trinajstić information content (AvgIpc) is 3.42. The van der Waals surface area contributed by atoms with Crippen LogP contribution in [0, 0.1) is 45.8 Å². The van der Waals surface area contributed by atoms with Crippen LogP contribution in [-0.2, 0) is 0 Å². The standard InChI is InChI=1S/C29H46O/c1-27-15-12-26-24(7-5-22-18-23(30)11-14-28(22,26)2)25(27)8-6-21(27)4-3-13-29-16-9-20(19-29)10-17-29/h5,20-21,23-26,30H,3-4,6-19H2,1-2H3/t20?,21-,23-,24-,25-,26-,27+,28-,29?/m0/s1. The fourth-order valence-electron chi connectivity index (χ4n) is 10.6. The fraction of sp³-hybridized carbons (Fsp3) is 0.931. The predicted molar refractivity (Wildman–Crippen MR) is 124 cm³/mol. The van der Waals surface area contributed by atoms with Crippen LogP contribution in [-0.4, -0.2) is 11.2 Å². The van der Waals surface area contributed by atoms with Gasteiger partial charge in [0.05, 0.1) is 6.10 Å². The van der Waals surface area contributed by atoms with Crippen molar-refractivity contribution < 1.29 is 5.11 Å². The van der Waals surface area contributed by atoms with E-state index in [1.165, 1.54) is 51.4 Å². The minimum atomic E-state index is -0.0694. The minimum absolute atomic E-state index is 0.0694. The highest BCUT2D eigenvalue weighted by Crippen LogP contribution is 2.67. The maximum Gasteiger partial charge on any atom is 0.0577 e. The summed E-state index contributed by atoms with van der Waals surface area (Å²) in [6.45, 7) is 5.30. The summed E-state index contributed by atoms with van der Waals surface area (Å²) < 4.78 is 0. The molecule has 0 heterocycles. The Kier molecular flexibility index (Phi) is 4.81. The number of hydrogen-bond acceptors (Lipinski definition) is 1. The van der Waals surface area contributed by atoms with Gasteiger partial charge in [0.2, 0.25) is 0 Å². The van der Waals surface area contributed by atoms with Gasteiger partial charge >= 0.3 is 0 Å². The normalized spacial score (nSPS) is 54.4. The third-order valence-electron chi connectivity index (χ3n) is 12.4. The van der Waals surface area contributed by atoms with Crippen LogP contribution in [0.2, 0.25) is 0 Å². The Bertz CT molecular complexity index is 699. The Balaban J connectivity index is 1.14. The third kappa shape index (κ3) is 2.96. The average molecular weight is 411 g/mol. The van der Waals surface area contributed by atoms with E-state index in [0.29, 0.717) is 10.8 Å². The van der Waals surface area contributed by atoms with Gasteiger partial charge in [-0.2, -0.15) is 0 Å². The van der Waals surface area contributed by atoms with Crippen LogP contribution in [0.1, 0.15) is 117 Å². The topological polar surface area (TPSA) is 20.2 Å². The fourth-order valence-corrected chi connectivity index (χ4v) is 10.6. The van der Waals surface area contributed by atoms with E-state index in [-0.39, 0.29) is 6.10 Å². The number of fused-ring (bicyclic) bond motifs is 7. The number of allylic oxidation sites excluding steroid dienone is 1. The summed E-state index contributed by atoms with van der Waals surface area (Å²) in [5.74, 6) is 4.92. The summed E-state index contributed by atoms with van der Waals surface area (Å²) in [6.07, 6.45) is 25.5. The summed E-state index contributed by atoms with van der Waals surface area (Å²) in [5.41, 5.74) is 3.46. The second kappa shape index (κ2) is 7.10. The molecule has 6 aliphatic rings. The van der Waals surface area contributed by atoms with Gasteiger partial charge in [0.1, 0.15) is 0 Å². The Labute approximate surface area is 185 Å². The first-order valence-electron chi connectivity index (χ1n) is 13.8. The van der Waals surface area contributed by atoms with Crippen LogP contribution in [0.15, 0.2) is 11.6 Å². The van der Waals surface area contributed by atoms with E-state index in [2.05, 4.69) is 19.9 Å². The molecule has 1 nitrogen and oxygen atoms in total. The molecule has 6 rings (SSSR count). The Morgan fingerprint density at radius 3 is 2.53 bits per heavy atom. The highest BCUT2D eigenvalue weighted by atomic mass is 16.3. The van der Waals surface area contributed by atoms with Crippen molar-refractivity contribution >= 4 is 0 Å². The Hall–Kier alpha value is -0.300. The van der Waals surface area contributed by atoms with Gasteiger partial charge in [0, 0.05) is 0 Å². The van der Waals surface area contributed by atoms with Gasteiger partial charge in [-0.1, -0.05) is 31.9 Å². The first-order valence-corrected chi connectivity index (χ1v) is 13.8. The number of aliphatic hydroxyl groups excluding tert-OH is 1. The van der Waals surface area contributed by atoms with Crippen molar-refractivity contribution in [2.45, 2.75) is 123 Å². The lowest BCUT2D eigenvalue weighted by atomic mass is 9.47. The molecule has 5 fully saturated rings. The SMILES string of the molecule is C[C@]12CC[C@H]3[C@@H](CC=C4C[C@@H](O)CC[C@@]43C)[C@@H]1CC[C@@H]2CCCC12CCC(CC1)C2. The summed E-state index contributed by atoms with van der Waals surface area (Å²) in [6, 6.07) is 0. The molecule has 0 saturated heterocycles. The van der Waals surface area contributed by atoms with Crippen molar-refractivity contribution in [2.75, 3.05) is 0 Å². The van der Waals surface area contributed by atoms with Crippen LogP contribution < -0.4 is 0 Å². The van der Waals surface area contributed by atoms with E-state index in [4.69, 9.17) is 0 Å². The monoisotopic (exact) mass is 410 g/mol. The Morgan fingerprint density at radius 1 is 0.933 bits per heavy atom. The summed E-state index contributed by atoms with van der Waals surface area (Å²) in [5, 5.41) is 10.2. The van der Waals surface area contributed by atoms with Crippen molar-refractivity contribution in [2.24, 2.45) is 45.8 Å². The molecule has 0 aromatic carbocycles. The second-order valence-corrected chi connectivity index (χ2v) is 13.5. The van der Waals surface area contributed by atoms with E-state index in [0.717, 1.165) is 47.8 Å². The zero-order valence-corrected chi connectivity index (χ0v) is 19.8. The number of hydrogen-bond donors (Lipinski definition) is 1. The number of rotatable bonds is 4. The van der Waals surface area contributed by atoms with E-state index in [9.17, 15) is 5.11 Å². The van der Waals surface area contributed by atoms with Gasteiger partial charge < -0.3 is 5.11 Å². The van der Waals surface area contributed by atoms with Crippen molar-refractivity contribution in [3.8, 4) is 0 Å². The largest absolute Gasteiger partial charge is 0.393 e. The van der Waals surface area contributed by atoms with Crippen LogP contribution in [0.4, 0.5) is 0 Å². The lowest BCUT2D eigenvalue weighted by Crippen LogP contribution is -2.50. The van der Waals surface area contributed by atoms with Gasteiger partial charge in [0.15, 0.2) is 0 Å². The van der Waals surface area contributed by atoms with E-state index in [1.54, 1.807) is 44.1 Å². The lowest BCUT2D eigenvalue weighted by molar-refractivity contribution is -0.0511. The first kappa shape index (κ1) is 20.3. The molecule has 7 atom stereocenters. The lowest BCUT2D eigenvalue weighted by Gasteiger charge is -2.58. The van der Waals surface area contributed by atoms with Crippen LogP contribution in [0.5, 0.6) is 0 Å². The summed E-state index contributed by atoms with van der Waals surface area (Å²) in [7, 11) is 0. The zero-order chi connectivity index (χ0) is 20.6. The minimum Gasteiger partial charge on any atom is -0.393 e. The summed E-state index contributed by atoms with van der Waals surface area (Å²) >= 11 is 0. The molecule has 0 amide bonds. The van der Waals surface area contributed by atoms with Crippen LogP contribution in [0.25, 0.3) is 0 Å². The van der Waals surface area contributed by atoms with Gasteiger partial charge in [-0.3, -0.25) is 0 Å². The highest BCUT2D eigenvalue weighted by Gasteiger charge is 2.58. The molecule has 5 saturated carbocycles. The quantitative estimate of drug-likeness (QED) is 0.471. The van der Waals surface area contributed by atoms with Crippen LogP contribution in [0.3, 0.4) is 0 Å². The third-order valence-corrected chi connectivity index (χ3v) is 12.4.